The van der Waals surface area contributed by atoms with Crippen LogP contribution in [-0.4, -0.2) is 72.3 Å². The van der Waals surface area contributed by atoms with Crippen LogP contribution in [0.25, 0.3) is 6.08 Å². The van der Waals surface area contributed by atoms with Crippen molar-refractivity contribution < 1.29 is 9.59 Å². The largest absolute Gasteiger partial charge is 0.341 e. The van der Waals surface area contributed by atoms with E-state index in [1.807, 2.05) is 11.0 Å². The molecule has 3 rings (SSSR count). The fraction of sp³-hybridized carbons (Fsp3) is 0.565. The maximum absolute atomic E-state index is 12.6. The molecule has 164 valence electrons. The molecule has 0 saturated carbocycles. The Hall–Kier alpha value is -1.56. The molecule has 2 amide bonds. The maximum Gasteiger partial charge on any atom is 0.246 e. The third-order valence-corrected chi connectivity index (χ3v) is 6.64. The second-order valence-electron chi connectivity index (χ2n) is 8.36. The lowest BCUT2D eigenvalue weighted by atomic mass is 10.0. The van der Waals surface area contributed by atoms with Gasteiger partial charge < -0.3 is 14.7 Å². The van der Waals surface area contributed by atoms with Gasteiger partial charge in [-0.1, -0.05) is 36.2 Å². The summed E-state index contributed by atoms with van der Waals surface area (Å²) in [6.45, 7) is 8.09. The van der Waals surface area contributed by atoms with Gasteiger partial charge in [-0.25, -0.2) is 0 Å². The van der Waals surface area contributed by atoms with E-state index in [0.717, 1.165) is 31.0 Å². The quantitative estimate of drug-likeness (QED) is 0.608. The van der Waals surface area contributed by atoms with E-state index in [-0.39, 0.29) is 11.8 Å². The second-order valence-corrected chi connectivity index (χ2v) is 9.18. The van der Waals surface area contributed by atoms with Crippen LogP contribution in [0.4, 0.5) is 0 Å². The zero-order valence-corrected chi connectivity index (χ0v) is 19.2. The Labute approximate surface area is 189 Å². The number of amides is 2. The number of benzene rings is 1. The van der Waals surface area contributed by atoms with E-state index < -0.39 is 0 Å². The second kappa shape index (κ2) is 11.2. The van der Waals surface area contributed by atoms with E-state index in [2.05, 4.69) is 11.8 Å². The van der Waals surface area contributed by atoms with Crippen LogP contribution in [0.3, 0.4) is 0 Å². The Morgan fingerprint density at radius 2 is 1.97 bits per heavy atom. The standard InChI is InChI=1S/C23H31Cl2N3O2/c1-18-4-2-10-26(17-18)11-3-12-27-14-15-28(13-9-23(27)30)22(29)8-6-19-5-7-20(24)21(25)16-19/h5-8,16,18H,2-4,9-15,17H2,1H3/b8-6+. The van der Waals surface area contributed by atoms with Crippen LogP contribution in [0.5, 0.6) is 0 Å². The molecule has 0 bridgehead atoms. The first-order valence-electron chi connectivity index (χ1n) is 10.8. The molecule has 2 aliphatic rings. The highest BCUT2D eigenvalue weighted by Crippen LogP contribution is 2.23. The number of nitrogens with zero attached hydrogens (tertiary/aromatic N) is 3. The van der Waals surface area contributed by atoms with Crippen LogP contribution in [0.1, 0.15) is 38.2 Å². The van der Waals surface area contributed by atoms with Crippen molar-refractivity contribution in [3.05, 3.63) is 39.9 Å². The number of carbonyl (C=O) groups is 2. The molecule has 0 spiro atoms. The first-order chi connectivity index (χ1) is 14.4. The Morgan fingerprint density at radius 3 is 2.73 bits per heavy atom. The lowest BCUT2D eigenvalue weighted by Gasteiger charge is -2.31. The summed E-state index contributed by atoms with van der Waals surface area (Å²) >= 11 is 11.9. The van der Waals surface area contributed by atoms with Crippen molar-refractivity contribution in [2.45, 2.75) is 32.6 Å². The maximum atomic E-state index is 12.6. The molecule has 0 N–H and O–H groups in total. The van der Waals surface area contributed by atoms with Gasteiger partial charge in [0.05, 0.1) is 10.0 Å². The molecule has 0 radical (unpaired) electrons. The van der Waals surface area contributed by atoms with Crippen LogP contribution in [0.2, 0.25) is 10.0 Å². The van der Waals surface area contributed by atoms with Gasteiger partial charge in [0.1, 0.15) is 0 Å². The molecule has 30 heavy (non-hydrogen) atoms. The number of halogens is 2. The molecule has 2 saturated heterocycles. The average molecular weight is 452 g/mol. The van der Waals surface area contributed by atoms with E-state index >= 15 is 0 Å². The number of hydrogen-bond donors (Lipinski definition) is 0. The summed E-state index contributed by atoms with van der Waals surface area (Å²) in [5.74, 6) is 0.832. The van der Waals surface area contributed by atoms with Crippen molar-refractivity contribution in [3.8, 4) is 0 Å². The summed E-state index contributed by atoms with van der Waals surface area (Å²) in [4.78, 5) is 31.3. The SMILES string of the molecule is CC1CCCN(CCCN2CCN(C(=O)/C=C/c3ccc(Cl)c(Cl)c3)CCC2=O)C1. The highest BCUT2D eigenvalue weighted by atomic mass is 35.5. The fourth-order valence-electron chi connectivity index (χ4n) is 4.19. The molecular weight excluding hydrogens is 421 g/mol. The molecule has 5 nitrogen and oxygen atoms in total. The number of likely N-dealkylation sites (tertiary alicyclic amines) is 1. The Balaban J connectivity index is 1.46. The predicted molar refractivity (Wildman–Crippen MR) is 123 cm³/mol. The Kier molecular flexibility index (Phi) is 8.61. The monoisotopic (exact) mass is 451 g/mol. The van der Waals surface area contributed by atoms with Crippen LogP contribution in [0, 0.1) is 5.92 Å². The van der Waals surface area contributed by atoms with Gasteiger partial charge in [-0.15, -0.1) is 0 Å². The van der Waals surface area contributed by atoms with Gasteiger partial charge >= 0.3 is 0 Å². The highest BCUT2D eigenvalue weighted by molar-refractivity contribution is 6.42. The van der Waals surface area contributed by atoms with Gasteiger partial charge in [-0.3, -0.25) is 9.59 Å². The molecule has 0 aliphatic carbocycles. The lowest BCUT2D eigenvalue weighted by Crippen LogP contribution is -2.39. The highest BCUT2D eigenvalue weighted by Gasteiger charge is 2.23. The smallest absolute Gasteiger partial charge is 0.246 e. The summed E-state index contributed by atoms with van der Waals surface area (Å²) in [5, 5.41) is 0.947. The van der Waals surface area contributed by atoms with Crippen molar-refractivity contribution in [1.82, 2.24) is 14.7 Å². The normalized spacial score (nSPS) is 21.3. The molecule has 1 unspecified atom stereocenters. The van der Waals surface area contributed by atoms with Gasteiger partial charge in [-0.2, -0.15) is 0 Å². The van der Waals surface area contributed by atoms with E-state index in [1.54, 1.807) is 23.1 Å². The molecule has 0 aromatic heterocycles. The van der Waals surface area contributed by atoms with E-state index in [1.165, 1.54) is 32.0 Å². The predicted octanol–water partition coefficient (Wildman–Crippen LogP) is 4.19. The number of piperidine rings is 1. The van der Waals surface area contributed by atoms with E-state index in [0.29, 0.717) is 36.1 Å². The van der Waals surface area contributed by atoms with E-state index in [4.69, 9.17) is 23.2 Å². The Bertz CT molecular complexity index is 784. The minimum atomic E-state index is -0.0852. The molecule has 2 fully saturated rings. The summed E-state index contributed by atoms with van der Waals surface area (Å²) in [5.41, 5.74) is 0.817. The Morgan fingerprint density at radius 1 is 1.13 bits per heavy atom. The summed E-state index contributed by atoms with van der Waals surface area (Å²) in [6, 6.07) is 5.25. The van der Waals surface area contributed by atoms with Gasteiger partial charge in [0.2, 0.25) is 11.8 Å². The summed E-state index contributed by atoms with van der Waals surface area (Å²) in [7, 11) is 0. The van der Waals surface area contributed by atoms with Gasteiger partial charge in [0.25, 0.3) is 0 Å². The molecule has 7 heteroatoms. The van der Waals surface area contributed by atoms with Crippen molar-refractivity contribution >= 4 is 41.1 Å². The topological polar surface area (TPSA) is 43.9 Å². The van der Waals surface area contributed by atoms with Crippen LogP contribution in [-0.2, 0) is 9.59 Å². The fourth-order valence-corrected chi connectivity index (χ4v) is 4.49. The number of hydrogen-bond acceptors (Lipinski definition) is 3. The third kappa shape index (κ3) is 6.73. The zero-order chi connectivity index (χ0) is 21.5. The van der Waals surface area contributed by atoms with Crippen LogP contribution < -0.4 is 0 Å². The first kappa shape index (κ1) is 23.1. The lowest BCUT2D eigenvalue weighted by molar-refractivity contribution is -0.130. The molecule has 2 aliphatic heterocycles. The van der Waals surface area contributed by atoms with Gasteiger partial charge in [0, 0.05) is 45.2 Å². The van der Waals surface area contributed by atoms with Gasteiger partial charge in [-0.05, 0) is 62.0 Å². The summed E-state index contributed by atoms with van der Waals surface area (Å²) < 4.78 is 0. The average Bonchev–Trinajstić information content (AvgIpc) is 2.91. The molecular formula is C23H31Cl2N3O2. The molecule has 1 atom stereocenters. The molecule has 1 aromatic carbocycles. The van der Waals surface area contributed by atoms with E-state index in [9.17, 15) is 9.59 Å². The minimum absolute atomic E-state index is 0.0852. The number of rotatable bonds is 6. The zero-order valence-electron chi connectivity index (χ0n) is 17.7. The minimum Gasteiger partial charge on any atom is -0.341 e. The van der Waals surface area contributed by atoms with Crippen LogP contribution >= 0.6 is 23.2 Å². The molecule has 1 aromatic rings. The van der Waals surface area contributed by atoms with Crippen molar-refractivity contribution in [1.29, 1.82) is 0 Å². The van der Waals surface area contributed by atoms with Crippen molar-refractivity contribution in [2.24, 2.45) is 5.92 Å². The third-order valence-electron chi connectivity index (χ3n) is 5.91. The van der Waals surface area contributed by atoms with Crippen molar-refractivity contribution in [3.63, 3.8) is 0 Å². The number of carbonyl (C=O) groups excluding carboxylic acids is 2. The first-order valence-corrected chi connectivity index (χ1v) is 11.6. The van der Waals surface area contributed by atoms with Gasteiger partial charge in [0.15, 0.2) is 0 Å². The summed E-state index contributed by atoms with van der Waals surface area (Å²) in [6.07, 6.45) is 7.24. The van der Waals surface area contributed by atoms with Crippen molar-refractivity contribution in [2.75, 3.05) is 45.8 Å². The van der Waals surface area contributed by atoms with Crippen LogP contribution in [0.15, 0.2) is 24.3 Å². The molecule has 2 heterocycles.